The first-order chi connectivity index (χ1) is 10.9. The molecule has 0 bridgehead atoms. The van der Waals surface area contributed by atoms with Crippen molar-refractivity contribution < 1.29 is 14.9 Å². The van der Waals surface area contributed by atoms with Crippen LogP contribution in [0, 0.1) is 0 Å². The molecule has 0 spiro atoms. The van der Waals surface area contributed by atoms with Crippen LogP contribution in [0.15, 0.2) is 22.1 Å². The van der Waals surface area contributed by atoms with E-state index in [1.807, 2.05) is 0 Å². The molecule has 0 saturated carbocycles. The van der Waals surface area contributed by atoms with E-state index in [0.717, 1.165) is 0 Å². The molecule has 1 fully saturated rings. The third-order valence-electron chi connectivity index (χ3n) is 3.38. The molecule has 10 heteroatoms. The standard InChI is InChI=1S/C13H20N6O4/c14-11-7(2-1-3-17-12(15)16)5-19(13(22)18-11)10-4-8(21)9(6-20)23-10/h1-2,5,8-10,20-21H,3-4,6H2,(H2,14,18,22)(H4,15,16,17)/b2-1+/t8-,9+,10+/m0/s1. The fourth-order valence-corrected chi connectivity index (χ4v) is 2.22. The number of nitrogens with two attached hydrogens (primary N) is 3. The zero-order valence-electron chi connectivity index (χ0n) is 12.4. The average molecular weight is 324 g/mol. The maximum Gasteiger partial charge on any atom is 0.351 e. The van der Waals surface area contributed by atoms with Crippen molar-refractivity contribution in [1.29, 1.82) is 0 Å². The number of hydrogen-bond donors (Lipinski definition) is 5. The molecule has 0 amide bonds. The van der Waals surface area contributed by atoms with E-state index < -0.39 is 24.1 Å². The van der Waals surface area contributed by atoms with Crippen LogP contribution < -0.4 is 22.9 Å². The van der Waals surface area contributed by atoms with E-state index in [0.29, 0.717) is 5.56 Å². The maximum absolute atomic E-state index is 12.0. The molecule has 1 aliphatic heterocycles. The molecule has 1 aliphatic rings. The zero-order chi connectivity index (χ0) is 17.0. The highest BCUT2D eigenvalue weighted by Gasteiger charge is 2.35. The fourth-order valence-electron chi connectivity index (χ4n) is 2.22. The third-order valence-corrected chi connectivity index (χ3v) is 3.38. The summed E-state index contributed by atoms with van der Waals surface area (Å²) < 4.78 is 6.68. The Balaban J connectivity index is 2.23. The summed E-state index contributed by atoms with van der Waals surface area (Å²) in [7, 11) is 0. The molecule has 1 aromatic rings. The number of aliphatic hydroxyl groups excluding tert-OH is 2. The molecule has 0 aliphatic carbocycles. The summed E-state index contributed by atoms with van der Waals surface area (Å²) in [6.45, 7) is -0.0772. The van der Waals surface area contributed by atoms with Gasteiger partial charge in [0.15, 0.2) is 5.96 Å². The fraction of sp³-hybridized carbons (Fsp3) is 0.462. The van der Waals surface area contributed by atoms with Crippen molar-refractivity contribution in [2.45, 2.75) is 24.9 Å². The van der Waals surface area contributed by atoms with Crippen molar-refractivity contribution in [3.63, 3.8) is 0 Å². The summed E-state index contributed by atoms with van der Waals surface area (Å²) in [6.07, 6.45) is 2.64. The van der Waals surface area contributed by atoms with Crippen molar-refractivity contribution in [2.24, 2.45) is 16.5 Å². The number of anilines is 1. The van der Waals surface area contributed by atoms with E-state index in [1.165, 1.54) is 10.8 Å². The SMILES string of the molecule is NC(N)=NC/C=C/c1cn([C@H]2C[C@H](O)[C@@H](CO)O2)c(=O)nc1N. The van der Waals surface area contributed by atoms with E-state index in [9.17, 15) is 9.90 Å². The first-order valence-electron chi connectivity index (χ1n) is 6.97. The maximum atomic E-state index is 12.0. The number of nitrogens with zero attached hydrogens (tertiary/aromatic N) is 3. The molecule has 10 nitrogen and oxygen atoms in total. The molecule has 1 saturated heterocycles. The topological polar surface area (TPSA) is 175 Å². The van der Waals surface area contributed by atoms with Gasteiger partial charge in [-0.15, -0.1) is 0 Å². The van der Waals surface area contributed by atoms with Gasteiger partial charge in [0.1, 0.15) is 18.1 Å². The molecule has 0 unspecified atom stereocenters. The molecule has 0 aromatic carbocycles. The van der Waals surface area contributed by atoms with Gasteiger partial charge in [-0.2, -0.15) is 4.98 Å². The Hall–Kier alpha value is -2.43. The number of ether oxygens (including phenoxy) is 1. The van der Waals surface area contributed by atoms with Crippen LogP contribution in [0.25, 0.3) is 6.08 Å². The predicted molar refractivity (Wildman–Crippen MR) is 84.2 cm³/mol. The summed E-state index contributed by atoms with van der Waals surface area (Å²) in [5.41, 5.74) is 16.0. The van der Waals surface area contributed by atoms with E-state index in [2.05, 4.69) is 9.98 Å². The lowest BCUT2D eigenvalue weighted by atomic mass is 10.2. The summed E-state index contributed by atoms with van der Waals surface area (Å²) >= 11 is 0. The molecular weight excluding hydrogens is 304 g/mol. The smallest absolute Gasteiger partial charge is 0.351 e. The lowest BCUT2D eigenvalue weighted by molar-refractivity contribution is -0.0458. The van der Waals surface area contributed by atoms with Gasteiger partial charge in [0.05, 0.1) is 19.3 Å². The van der Waals surface area contributed by atoms with Crippen LogP contribution in [0.1, 0.15) is 18.2 Å². The van der Waals surface area contributed by atoms with Gasteiger partial charge in [-0.05, 0) is 0 Å². The molecular formula is C13H20N6O4. The van der Waals surface area contributed by atoms with Crippen LogP contribution in [0.5, 0.6) is 0 Å². The van der Waals surface area contributed by atoms with Crippen molar-refractivity contribution in [3.05, 3.63) is 28.3 Å². The lowest BCUT2D eigenvalue weighted by Gasteiger charge is -2.15. The van der Waals surface area contributed by atoms with Crippen LogP contribution in [-0.2, 0) is 4.74 Å². The first kappa shape index (κ1) is 16.9. The molecule has 2 heterocycles. The highest BCUT2D eigenvalue weighted by molar-refractivity contribution is 5.75. The third kappa shape index (κ3) is 4.06. The number of aliphatic hydroxyl groups is 2. The monoisotopic (exact) mass is 324 g/mol. The van der Waals surface area contributed by atoms with Gasteiger partial charge in [-0.1, -0.05) is 12.2 Å². The summed E-state index contributed by atoms with van der Waals surface area (Å²) in [5, 5.41) is 18.9. The number of nitrogen functional groups attached to an aromatic ring is 1. The average Bonchev–Trinajstić information content (AvgIpc) is 2.86. The predicted octanol–water partition coefficient (Wildman–Crippen LogP) is -2.25. The molecule has 126 valence electrons. The Kier molecular flexibility index (Phi) is 5.32. The van der Waals surface area contributed by atoms with Gasteiger partial charge in [-0.25, -0.2) is 9.79 Å². The quantitative estimate of drug-likeness (QED) is 0.298. The Bertz CT molecular complexity index is 667. The normalized spacial score (nSPS) is 24.2. The number of guanidine groups is 1. The van der Waals surface area contributed by atoms with E-state index in [-0.39, 0.29) is 31.3 Å². The van der Waals surface area contributed by atoms with Gasteiger partial charge in [0.25, 0.3) is 0 Å². The molecule has 3 atom stereocenters. The number of rotatable bonds is 5. The van der Waals surface area contributed by atoms with Crippen LogP contribution in [0.4, 0.5) is 5.82 Å². The van der Waals surface area contributed by atoms with Crippen LogP contribution in [0.2, 0.25) is 0 Å². The molecule has 8 N–H and O–H groups in total. The second-order valence-corrected chi connectivity index (χ2v) is 5.05. The van der Waals surface area contributed by atoms with Gasteiger partial charge in [0, 0.05) is 18.2 Å². The van der Waals surface area contributed by atoms with Gasteiger partial charge in [0.2, 0.25) is 0 Å². The molecule has 1 aromatic heterocycles. The minimum absolute atomic E-state index is 0.0332. The van der Waals surface area contributed by atoms with Crippen molar-refractivity contribution >= 4 is 17.9 Å². The zero-order valence-corrected chi connectivity index (χ0v) is 12.4. The van der Waals surface area contributed by atoms with Crippen LogP contribution in [0.3, 0.4) is 0 Å². The largest absolute Gasteiger partial charge is 0.394 e. The minimum Gasteiger partial charge on any atom is -0.394 e. The Morgan fingerprint density at radius 2 is 2.30 bits per heavy atom. The van der Waals surface area contributed by atoms with E-state index in [1.54, 1.807) is 12.2 Å². The number of aromatic nitrogens is 2. The second-order valence-electron chi connectivity index (χ2n) is 5.05. The van der Waals surface area contributed by atoms with E-state index in [4.69, 9.17) is 27.0 Å². The summed E-state index contributed by atoms with van der Waals surface area (Å²) in [5.74, 6) is 0.0264. The van der Waals surface area contributed by atoms with Crippen molar-refractivity contribution in [2.75, 3.05) is 18.9 Å². The van der Waals surface area contributed by atoms with Crippen LogP contribution in [-0.4, -0.2) is 51.1 Å². The molecule has 2 rings (SSSR count). The van der Waals surface area contributed by atoms with Gasteiger partial charge >= 0.3 is 5.69 Å². The Morgan fingerprint density at radius 1 is 1.57 bits per heavy atom. The summed E-state index contributed by atoms with van der Waals surface area (Å²) in [6, 6.07) is 0. The van der Waals surface area contributed by atoms with E-state index >= 15 is 0 Å². The Labute approximate surface area is 131 Å². The van der Waals surface area contributed by atoms with Crippen molar-refractivity contribution in [1.82, 2.24) is 9.55 Å². The minimum atomic E-state index is -0.852. The van der Waals surface area contributed by atoms with Crippen LogP contribution >= 0.6 is 0 Å². The summed E-state index contributed by atoms with van der Waals surface area (Å²) in [4.78, 5) is 19.5. The van der Waals surface area contributed by atoms with Gasteiger partial charge < -0.3 is 32.2 Å². The highest BCUT2D eigenvalue weighted by atomic mass is 16.5. The second kappa shape index (κ2) is 7.22. The van der Waals surface area contributed by atoms with Gasteiger partial charge in [-0.3, -0.25) is 4.57 Å². The number of hydrogen-bond acceptors (Lipinski definition) is 7. The molecule has 0 radical (unpaired) electrons. The lowest BCUT2D eigenvalue weighted by Crippen LogP contribution is -2.28. The highest BCUT2D eigenvalue weighted by Crippen LogP contribution is 2.27. The van der Waals surface area contributed by atoms with Crippen molar-refractivity contribution in [3.8, 4) is 0 Å². The first-order valence-corrected chi connectivity index (χ1v) is 6.97. The Morgan fingerprint density at radius 3 is 2.91 bits per heavy atom. The number of aliphatic imine (C=N–C) groups is 1. The molecule has 23 heavy (non-hydrogen) atoms.